The predicted octanol–water partition coefficient (Wildman–Crippen LogP) is 1.75. The molecule has 0 radical (unpaired) electrons. The average Bonchev–Trinajstić information content (AvgIpc) is 2.85. The lowest BCUT2D eigenvalue weighted by Crippen LogP contribution is -2.39. The lowest BCUT2D eigenvalue weighted by Gasteiger charge is -2.26. The molecule has 2 N–H and O–H groups in total. The first-order valence-corrected chi connectivity index (χ1v) is 8.90. The molecule has 2 heterocycles. The summed E-state index contributed by atoms with van der Waals surface area (Å²) >= 11 is 0. The van der Waals surface area contributed by atoms with Crippen molar-refractivity contribution in [2.24, 2.45) is 0 Å². The van der Waals surface area contributed by atoms with Crippen molar-refractivity contribution in [1.82, 2.24) is 20.1 Å². The summed E-state index contributed by atoms with van der Waals surface area (Å²) < 4.78 is 5.36. The molecule has 0 aromatic carbocycles. The zero-order valence-electron chi connectivity index (χ0n) is 13.8. The second-order valence-corrected chi connectivity index (χ2v) is 6.38. The number of aromatic nitrogens is 3. The van der Waals surface area contributed by atoms with E-state index in [1.54, 1.807) is 6.20 Å². The van der Waals surface area contributed by atoms with Gasteiger partial charge in [0.25, 0.3) is 0 Å². The SMILES string of the molecule is c1nnc(NCCN2CCOCC2)nc1NC1CCCCCC1. The number of hydrogen-bond acceptors (Lipinski definition) is 7. The van der Waals surface area contributed by atoms with Gasteiger partial charge in [0.15, 0.2) is 5.82 Å². The summed E-state index contributed by atoms with van der Waals surface area (Å²) in [5.74, 6) is 1.44. The van der Waals surface area contributed by atoms with Gasteiger partial charge in [0.2, 0.25) is 5.95 Å². The molecule has 23 heavy (non-hydrogen) atoms. The summed E-state index contributed by atoms with van der Waals surface area (Å²) in [4.78, 5) is 6.93. The maximum atomic E-state index is 5.36. The molecule has 7 heteroatoms. The molecule has 128 valence electrons. The second-order valence-electron chi connectivity index (χ2n) is 6.38. The fraction of sp³-hybridized carbons (Fsp3) is 0.812. The minimum absolute atomic E-state index is 0.524. The van der Waals surface area contributed by atoms with Crippen LogP contribution in [0.15, 0.2) is 6.20 Å². The standard InChI is InChI=1S/C16H28N6O/c1-2-4-6-14(5-3-1)19-15-13-18-21-16(20-15)17-7-8-22-9-11-23-12-10-22/h13-14H,1-12H2,(H2,17,19,20,21). The van der Waals surface area contributed by atoms with Crippen molar-refractivity contribution >= 4 is 11.8 Å². The summed E-state index contributed by atoms with van der Waals surface area (Å²) in [6.45, 7) is 5.48. The highest BCUT2D eigenvalue weighted by Gasteiger charge is 2.13. The van der Waals surface area contributed by atoms with E-state index in [1.807, 2.05) is 0 Å². The molecule has 3 rings (SSSR count). The largest absolute Gasteiger partial charge is 0.379 e. The van der Waals surface area contributed by atoms with Crippen LogP contribution in [0.3, 0.4) is 0 Å². The summed E-state index contributed by atoms with van der Waals surface area (Å²) in [6.07, 6.45) is 9.50. The van der Waals surface area contributed by atoms with E-state index in [9.17, 15) is 0 Å². The maximum Gasteiger partial charge on any atom is 0.244 e. The fourth-order valence-corrected chi connectivity index (χ4v) is 3.23. The Labute approximate surface area is 138 Å². The Bertz CT molecular complexity index is 458. The van der Waals surface area contributed by atoms with E-state index in [4.69, 9.17) is 4.74 Å². The predicted molar refractivity (Wildman–Crippen MR) is 90.7 cm³/mol. The van der Waals surface area contributed by atoms with E-state index in [1.165, 1.54) is 38.5 Å². The van der Waals surface area contributed by atoms with Gasteiger partial charge in [0, 0.05) is 32.2 Å². The highest BCUT2D eigenvalue weighted by Crippen LogP contribution is 2.20. The van der Waals surface area contributed by atoms with E-state index in [-0.39, 0.29) is 0 Å². The van der Waals surface area contributed by atoms with Crippen LogP contribution >= 0.6 is 0 Å². The lowest BCUT2D eigenvalue weighted by atomic mass is 10.1. The number of ether oxygens (including phenoxy) is 1. The molecule has 1 saturated heterocycles. The fourth-order valence-electron chi connectivity index (χ4n) is 3.23. The van der Waals surface area contributed by atoms with Crippen LogP contribution < -0.4 is 10.6 Å². The van der Waals surface area contributed by atoms with Crippen molar-refractivity contribution in [1.29, 1.82) is 0 Å². The van der Waals surface area contributed by atoms with Gasteiger partial charge in [-0.2, -0.15) is 10.1 Å². The molecule has 1 aliphatic carbocycles. The van der Waals surface area contributed by atoms with Crippen LogP contribution in [0.4, 0.5) is 11.8 Å². The monoisotopic (exact) mass is 320 g/mol. The Kier molecular flexibility index (Phi) is 6.40. The van der Waals surface area contributed by atoms with Gasteiger partial charge in [0.05, 0.1) is 19.4 Å². The molecule has 0 atom stereocenters. The molecule has 0 spiro atoms. The Morgan fingerprint density at radius 1 is 1.13 bits per heavy atom. The van der Waals surface area contributed by atoms with Crippen LogP contribution in [0.25, 0.3) is 0 Å². The van der Waals surface area contributed by atoms with Crippen molar-refractivity contribution < 1.29 is 4.74 Å². The van der Waals surface area contributed by atoms with Gasteiger partial charge in [-0.05, 0) is 12.8 Å². The number of anilines is 2. The van der Waals surface area contributed by atoms with Gasteiger partial charge < -0.3 is 15.4 Å². The molecule has 1 aromatic heterocycles. The molecule has 1 aromatic rings. The van der Waals surface area contributed by atoms with Crippen LogP contribution in [0.1, 0.15) is 38.5 Å². The molecule has 2 fully saturated rings. The molecule has 0 bridgehead atoms. The zero-order chi connectivity index (χ0) is 15.7. The van der Waals surface area contributed by atoms with Crippen molar-refractivity contribution in [3.63, 3.8) is 0 Å². The van der Waals surface area contributed by atoms with Gasteiger partial charge >= 0.3 is 0 Å². The smallest absolute Gasteiger partial charge is 0.244 e. The maximum absolute atomic E-state index is 5.36. The summed E-state index contributed by atoms with van der Waals surface area (Å²) in [6, 6.07) is 0.524. The van der Waals surface area contributed by atoms with E-state index < -0.39 is 0 Å². The van der Waals surface area contributed by atoms with Gasteiger partial charge in [0.1, 0.15) is 0 Å². The number of morpholine rings is 1. The third-order valence-corrected chi connectivity index (χ3v) is 4.58. The molecular weight excluding hydrogens is 292 g/mol. The van der Waals surface area contributed by atoms with Gasteiger partial charge in [-0.1, -0.05) is 25.7 Å². The van der Waals surface area contributed by atoms with Crippen LogP contribution in [0, 0.1) is 0 Å². The number of rotatable bonds is 6. The normalized spacial score (nSPS) is 20.9. The topological polar surface area (TPSA) is 75.2 Å². The van der Waals surface area contributed by atoms with Crippen LogP contribution in [-0.2, 0) is 4.74 Å². The van der Waals surface area contributed by atoms with Gasteiger partial charge in [-0.3, -0.25) is 4.90 Å². The van der Waals surface area contributed by atoms with Crippen molar-refractivity contribution in [3.8, 4) is 0 Å². The van der Waals surface area contributed by atoms with E-state index in [0.29, 0.717) is 12.0 Å². The molecule has 7 nitrogen and oxygen atoms in total. The number of nitrogens with zero attached hydrogens (tertiary/aromatic N) is 4. The van der Waals surface area contributed by atoms with Crippen LogP contribution in [0.5, 0.6) is 0 Å². The van der Waals surface area contributed by atoms with Crippen molar-refractivity contribution in [3.05, 3.63) is 6.20 Å². The third-order valence-electron chi connectivity index (χ3n) is 4.58. The second kappa shape index (κ2) is 8.98. The first-order chi connectivity index (χ1) is 11.4. The zero-order valence-corrected chi connectivity index (χ0v) is 13.8. The number of nitrogens with one attached hydrogen (secondary N) is 2. The van der Waals surface area contributed by atoms with E-state index in [0.717, 1.165) is 45.2 Å². The van der Waals surface area contributed by atoms with Crippen LogP contribution in [-0.4, -0.2) is 65.5 Å². The quantitative estimate of drug-likeness (QED) is 0.773. The Balaban J connectivity index is 1.44. The Morgan fingerprint density at radius 3 is 2.70 bits per heavy atom. The van der Waals surface area contributed by atoms with Crippen LogP contribution in [0.2, 0.25) is 0 Å². The molecule has 0 amide bonds. The molecule has 1 aliphatic heterocycles. The molecule has 0 unspecified atom stereocenters. The Morgan fingerprint density at radius 2 is 1.91 bits per heavy atom. The average molecular weight is 320 g/mol. The minimum atomic E-state index is 0.524. The summed E-state index contributed by atoms with van der Waals surface area (Å²) in [5, 5.41) is 14.9. The van der Waals surface area contributed by atoms with Gasteiger partial charge in [-0.25, -0.2) is 0 Å². The van der Waals surface area contributed by atoms with E-state index in [2.05, 4.69) is 30.7 Å². The van der Waals surface area contributed by atoms with E-state index >= 15 is 0 Å². The summed E-state index contributed by atoms with van der Waals surface area (Å²) in [5.41, 5.74) is 0. The minimum Gasteiger partial charge on any atom is -0.379 e. The van der Waals surface area contributed by atoms with Crippen molar-refractivity contribution in [2.45, 2.75) is 44.6 Å². The highest BCUT2D eigenvalue weighted by atomic mass is 16.5. The number of hydrogen-bond donors (Lipinski definition) is 2. The van der Waals surface area contributed by atoms with Crippen molar-refractivity contribution in [2.75, 3.05) is 50.0 Å². The lowest BCUT2D eigenvalue weighted by molar-refractivity contribution is 0.0398. The molecule has 2 aliphatic rings. The molecule has 1 saturated carbocycles. The summed E-state index contributed by atoms with van der Waals surface area (Å²) in [7, 11) is 0. The third kappa shape index (κ3) is 5.58. The molecular formula is C16H28N6O. The highest BCUT2D eigenvalue weighted by molar-refractivity contribution is 5.37. The first kappa shape index (κ1) is 16.4. The van der Waals surface area contributed by atoms with Gasteiger partial charge in [-0.15, -0.1) is 5.10 Å². The Hall–Kier alpha value is -1.47. The first-order valence-electron chi connectivity index (χ1n) is 8.90.